The van der Waals surface area contributed by atoms with Crippen molar-refractivity contribution in [1.29, 1.82) is 0 Å². The number of aliphatic hydroxyl groups is 1. The molecule has 1 nitrogen and oxygen atoms in total. The molecule has 0 fully saturated rings. The maximum absolute atomic E-state index is 9.72. The summed E-state index contributed by atoms with van der Waals surface area (Å²) in [6, 6.07) is 0. The molecule has 0 bridgehead atoms. The highest BCUT2D eigenvalue weighted by Gasteiger charge is 2.16. The van der Waals surface area contributed by atoms with Crippen LogP contribution in [0.25, 0.3) is 0 Å². The quantitative estimate of drug-likeness (QED) is 0.535. The number of aliphatic hydroxyl groups excluding tert-OH is 1. The third-order valence-electron chi connectivity index (χ3n) is 2.53. The summed E-state index contributed by atoms with van der Waals surface area (Å²) in [5.74, 6) is 1.10. The van der Waals surface area contributed by atoms with Crippen LogP contribution < -0.4 is 0 Å². The number of hydrogen-bond acceptors (Lipinski definition) is 1. The standard InChI is InChI=1S/C11H17ClO/c1-9(6-7-12)11(13)8-10-4-2-3-5-10/h2,4,10-11,13H,1,3,5-8H2. The Morgan fingerprint density at radius 3 is 3.00 bits per heavy atom. The van der Waals surface area contributed by atoms with E-state index in [1.807, 2.05) is 0 Å². The Kier molecular flexibility index (Phi) is 4.54. The fourth-order valence-electron chi connectivity index (χ4n) is 1.63. The van der Waals surface area contributed by atoms with Crippen molar-refractivity contribution in [2.75, 3.05) is 5.88 Å². The SMILES string of the molecule is C=C(CCCl)C(O)CC1C=CCC1. The van der Waals surface area contributed by atoms with Crippen LogP contribution in [0.15, 0.2) is 24.3 Å². The monoisotopic (exact) mass is 200 g/mol. The van der Waals surface area contributed by atoms with Gasteiger partial charge in [-0.05, 0) is 37.2 Å². The summed E-state index contributed by atoms with van der Waals surface area (Å²) >= 11 is 5.57. The van der Waals surface area contributed by atoms with Crippen molar-refractivity contribution < 1.29 is 5.11 Å². The summed E-state index contributed by atoms with van der Waals surface area (Å²) in [7, 11) is 0. The normalized spacial score (nSPS) is 23.4. The molecule has 2 heteroatoms. The molecule has 0 aromatic rings. The average Bonchev–Trinajstić information content (AvgIpc) is 2.57. The van der Waals surface area contributed by atoms with Gasteiger partial charge in [-0.25, -0.2) is 0 Å². The van der Waals surface area contributed by atoms with Gasteiger partial charge in [0.2, 0.25) is 0 Å². The van der Waals surface area contributed by atoms with Crippen LogP contribution in [0.1, 0.15) is 25.7 Å². The topological polar surface area (TPSA) is 20.2 Å². The average molecular weight is 201 g/mol. The molecular weight excluding hydrogens is 184 g/mol. The van der Waals surface area contributed by atoms with Crippen LogP contribution in [0.4, 0.5) is 0 Å². The minimum Gasteiger partial charge on any atom is -0.389 e. The van der Waals surface area contributed by atoms with E-state index in [4.69, 9.17) is 11.6 Å². The van der Waals surface area contributed by atoms with Crippen LogP contribution >= 0.6 is 11.6 Å². The maximum Gasteiger partial charge on any atom is 0.0753 e. The summed E-state index contributed by atoms with van der Waals surface area (Å²) in [5, 5.41) is 9.72. The second-order valence-corrected chi connectivity index (χ2v) is 3.99. The fraction of sp³-hybridized carbons (Fsp3) is 0.636. The van der Waals surface area contributed by atoms with Crippen molar-refractivity contribution in [3.8, 4) is 0 Å². The summed E-state index contributed by atoms with van der Waals surface area (Å²) in [6.07, 6.45) is 7.86. The zero-order chi connectivity index (χ0) is 9.68. The smallest absolute Gasteiger partial charge is 0.0753 e. The van der Waals surface area contributed by atoms with E-state index in [9.17, 15) is 5.11 Å². The lowest BCUT2D eigenvalue weighted by Crippen LogP contribution is -2.14. The molecule has 0 heterocycles. The van der Waals surface area contributed by atoms with Gasteiger partial charge in [0.25, 0.3) is 0 Å². The van der Waals surface area contributed by atoms with Crippen molar-refractivity contribution in [3.63, 3.8) is 0 Å². The molecule has 13 heavy (non-hydrogen) atoms. The van der Waals surface area contributed by atoms with Gasteiger partial charge in [0.05, 0.1) is 6.10 Å². The minimum absolute atomic E-state index is 0.369. The first-order valence-electron chi connectivity index (χ1n) is 4.82. The number of hydrogen-bond donors (Lipinski definition) is 1. The van der Waals surface area contributed by atoms with Gasteiger partial charge in [-0.3, -0.25) is 0 Å². The molecule has 1 aliphatic rings. The fourth-order valence-corrected chi connectivity index (χ4v) is 1.88. The maximum atomic E-state index is 9.72. The lowest BCUT2D eigenvalue weighted by atomic mass is 9.96. The lowest BCUT2D eigenvalue weighted by molar-refractivity contribution is 0.182. The molecule has 0 amide bonds. The Labute approximate surface area is 85.1 Å². The van der Waals surface area contributed by atoms with E-state index in [0.29, 0.717) is 11.8 Å². The van der Waals surface area contributed by atoms with Crippen molar-refractivity contribution in [3.05, 3.63) is 24.3 Å². The molecule has 0 radical (unpaired) electrons. The highest BCUT2D eigenvalue weighted by atomic mass is 35.5. The first kappa shape index (κ1) is 10.8. The van der Waals surface area contributed by atoms with Crippen LogP contribution in [0.3, 0.4) is 0 Å². The summed E-state index contributed by atoms with van der Waals surface area (Å²) in [6.45, 7) is 3.83. The van der Waals surface area contributed by atoms with Crippen LogP contribution in [0.2, 0.25) is 0 Å². The molecule has 1 rings (SSSR count). The molecule has 0 aromatic heterocycles. The zero-order valence-electron chi connectivity index (χ0n) is 7.88. The molecule has 0 spiro atoms. The number of halogens is 1. The van der Waals surface area contributed by atoms with E-state index in [1.165, 1.54) is 6.42 Å². The summed E-state index contributed by atoms with van der Waals surface area (Å²) in [4.78, 5) is 0. The highest BCUT2D eigenvalue weighted by Crippen LogP contribution is 2.24. The van der Waals surface area contributed by atoms with Gasteiger partial charge in [0, 0.05) is 5.88 Å². The number of allylic oxidation sites excluding steroid dienone is 2. The van der Waals surface area contributed by atoms with E-state index >= 15 is 0 Å². The van der Waals surface area contributed by atoms with E-state index < -0.39 is 0 Å². The molecule has 2 unspecified atom stereocenters. The van der Waals surface area contributed by atoms with E-state index in [1.54, 1.807) is 0 Å². The second-order valence-electron chi connectivity index (χ2n) is 3.61. The Balaban J connectivity index is 2.27. The first-order valence-corrected chi connectivity index (χ1v) is 5.36. The molecule has 0 aromatic carbocycles. The van der Waals surface area contributed by atoms with Gasteiger partial charge >= 0.3 is 0 Å². The Hall–Kier alpha value is -0.270. The predicted octanol–water partition coefficient (Wildman–Crippen LogP) is 2.89. The molecule has 0 saturated carbocycles. The van der Waals surface area contributed by atoms with E-state index in [0.717, 1.165) is 24.8 Å². The summed E-state index contributed by atoms with van der Waals surface area (Å²) < 4.78 is 0. The van der Waals surface area contributed by atoms with E-state index in [2.05, 4.69) is 18.7 Å². The first-order chi connectivity index (χ1) is 6.24. The van der Waals surface area contributed by atoms with E-state index in [-0.39, 0.29) is 6.10 Å². The van der Waals surface area contributed by atoms with Gasteiger partial charge < -0.3 is 5.11 Å². The molecule has 0 saturated heterocycles. The molecule has 1 N–H and O–H groups in total. The van der Waals surface area contributed by atoms with Crippen molar-refractivity contribution in [2.45, 2.75) is 31.8 Å². The Morgan fingerprint density at radius 2 is 2.46 bits per heavy atom. The van der Waals surface area contributed by atoms with Crippen LogP contribution in [-0.2, 0) is 0 Å². The van der Waals surface area contributed by atoms with Crippen LogP contribution in [-0.4, -0.2) is 17.1 Å². The second kappa shape index (κ2) is 5.46. The molecule has 74 valence electrons. The molecule has 2 atom stereocenters. The Morgan fingerprint density at radius 1 is 1.69 bits per heavy atom. The minimum atomic E-state index is -0.369. The van der Waals surface area contributed by atoms with Gasteiger partial charge in [0.15, 0.2) is 0 Å². The third-order valence-corrected chi connectivity index (χ3v) is 2.71. The van der Waals surface area contributed by atoms with Crippen molar-refractivity contribution in [2.24, 2.45) is 5.92 Å². The van der Waals surface area contributed by atoms with Gasteiger partial charge in [0.1, 0.15) is 0 Å². The predicted molar refractivity (Wildman–Crippen MR) is 57.0 cm³/mol. The third kappa shape index (κ3) is 3.53. The van der Waals surface area contributed by atoms with Gasteiger partial charge in [-0.15, -0.1) is 11.6 Å². The summed E-state index contributed by atoms with van der Waals surface area (Å²) in [5.41, 5.74) is 0.871. The largest absolute Gasteiger partial charge is 0.389 e. The number of alkyl halides is 1. The molecule has 0 aliphatic heterocycles. The van der Waals surface area contributed by atoms with Crippen LogP contribution in [0, 0.1) is 5.92 Å². The lowest BCUT2D eigenvalue weighted by Gasteiger charge is -2.16. The molecular formula is C11H17ClO. The number of rotatable bonds is 5. The van der Waals surface area contributed by atoms with Gasteiger partial charge in [-0.2, -0.15) is 0 Å². The zero-order valence-corrected chi connectivity index (χ0v) is 8.63. The van der Waals surface area contributed by atoms with Crippen molar-refractivity contribution >= 4 is 11.6 Å². The van der Waals surface area contributed by atoms with Gasteiger partial charge in [-0.1, -0.05) is 18.7 Å². The van der Waals surface area contributed by atoms with Crippen molar-refractivity contribution in [1.82, 2.24) is 0 Å². The highest BCUT2D eigenvalue weighted by molar-refractivity contribution is 6.18. The Bertz CT molecular complexity index is 198. The molecule has 1 aliphatic carbocycles. The van der Waals surface area contributed by atoms with Crippen LogP contribution in [0.5, 0.6) is 0 Å².